The van der Waals surface area contributed by atoms with Crippen molar-refractivity contribution in [2.45, 2.75) is 62.7 Å². The van der Waals surface area contributed by atoms with E-state index in [4.69, 9.17) is 0 Å². The van der Waals surface area contributed by atoms with Crippen molar-refractivity contribution in [1.29, 1.82) is 0 Å². The zero-order chi connectivity index (χ0) is 17.3. The zero-order valence-corrected chi connectivity index (χ0v) is 14.9. The molecule has 4 rings (SSSR count). The first kappa shape index (κ1) is 16.6. The molecule has 1 heterocycles. The van der Waals surface area contributed by atoms with Crippen LogP contribution >= 0.6 is 11.3 Å². The number of nitrogens with one attached hydrogen (secondary N) is 1. The van der Waals surface area contributed by atoms with E-state index in [0.29, 0.717) is 11.0 Å². The van der Waals surface area contributed by atoms with Gasteiger partial charge in [0.25, 0.3) is 0 Å². The Morgan fingerprint density at radius 1 is 1.08 bits per heavy atom. The van der Waals surface area contributed by atoms with Crippen LogP contribution in [-0.2, 0) is 10.2 Å². The monoisotopic (exact) mass is 359 g/mol. The van der Waals surface area contributed by atoms with Crippen LogP contribution in [0, 0.1) is 5.82 Å². The van der Waals surface area contributed by atoms with E-state index in [2.05, 4.69) is 15.5 Å². The highest BCUT2D eigenvalue weighted by Crippen LogP contribution is 2.45. The lowest BCUT2D eigenvalue weighted by atomic mass is 9.64. The minimum Gasteiger partial charge on any atom is -0.300 e. The van der Waals surface area contributed by atoms with Gasteiger partial charge in [-0.05, 0) is 43.4 Å². The standard InChI is InChI=1S/C19H22FN3OS/c20-15-9-7-14(8-10-15)19(11-4-12-19)17(24)21-18-23-22-16(25-18)13-5-2-1-3-6-13/h7-10,13H,1-6,11-12H2,(H,21,23,24). The second-order valence-corrected chi connectivity index (χ2v) is 8.19. The maximum Gasteiger partial charge on any atom is 0.236 e. The van der Waals surface area contributed by atoms with Crippen molar-refractivity contribution in [3.63, 3.8) is 0 Å². The average molecular weight is 359 g/mol. The SMILES string of the molecule is O=C(Nc1nnc(C2CCCCC2)s1)C1(c2ccc(F)cc2)CCC1. The van der Waals surface area contributed by atoms with E-state index in [1.165, 1.54) is 55.6 Å². The molecule has 1 amide bonds. The number of aromatic nitrogens is 2. The minimum absolute atomic E-state index is 0.0447. The van der Waals surface area contributed by atoms with Gasteiger partial charge in [0, 0.05) is 5.92 Å². The summed E-state index contributed by atoms with van der Waals surface area (Å²) in [6.07, 6.45) is 8.73. The van der Waals surface area contributed by atoms with Gasteiger partial charge in [0.1, 0.15) is 10.8 Å². The second-order valence-electron chi connectivity index (χ2n) is 7.18. The van der Waals surface area contributed by atoms with E-state index in [1.807, 2.05) is 0 Å². The number of carbonyl (C=O) groups is 1. The van der Waals surface area contributed by atoms with Crippen molar-refractivity contribution < 1.29 is 9.18 Å². The molecule has 25 heavy (non-hydrogen) atoms. The molecule has 0 aliphatic heterocycles. The molecule has 1 aromatic carbocycles. The molecular formula is C19H22FN3OS. The third-order valence-electron chi connectivity index (χ3n) is 5.65. The second kappa shape index (κ2) is 6.83. The van der Waals surface area contributed by atoms with Crippen LogP contribution in [0.5, 0.6) is 0 Å². The van der Waals surface area contributed by atoms with Crippen molar-refractivity contribution in [1.82, 2.24) is 10.2 Å². The normalized spacial score (nSPS) is 20.0. The van der Waals surface area contributed by atoms with Crippen LogP contribution in [0.1, 0.15) is 67.9 Å². The Labute approximate surface area is 150 Å². The molecule has 0 bridgehead atoms. The molecule has 132 valence electrons. The predicted molar refractivity (Wildman–Crippen MR) is 96.3 cm³/mol. The number of halogens is 1. The van der Waals surface area contributed by atoms with E-state index < -0.39 is 5.41 Å². The van der Waals surface area contributed by atoms with Crippen LogP contribution in [0.15, 0.2) is 24.3 Å². The van der Waals surface area contributed by atoms with Gasteiger partial charge < -0.3 is 0 Å². The molecule has 6 heteroatoms. The summed E-state index contributed by atoms with van der Waals surface area (Å²) in [5.74, 6) is 0.170. The molecule has 2 aliphatic rings. The predicted octanol–water partition coefficient (Wildman–Crippen LogP) is 4.79. The van der Waals surface area contributed by atoms with Gasteiger partial charge in [0.05, 0.1) is 5.41 Å². The first-order chi connectivity index (χ1) is 12.2. The van der Waals surface area contributed by atoms with Gasteiger partial charge in [-0.15, -0.1) is 10.2 Å². The van der Waals surface area contributed by atoms with E-state index in [1.54, 1.807) is 12.1 Å². The molecule has 0 saturated heterocycles. The average Bonchev–Trinajstić information content (AvgIpc) is 3.05. The van der Waals surface area contributed by atoms with Gasteiger partial charge in [-0.2, -0.15) is 0 Å². The third-order valence-corrected chi connectivity index (χ3v) is 6.66. The quantitative estimate of drug-likeness (QED) is 0.854. The summed E-state index contributed by atoms with van der Waals surface area (Å²) in [5, 5.41) is 13.1. The molecule has 0 unspecified atom stereocenters. The summed E-state index contributed by atoms with van der Waals surface area (Å²) in [6.45, 7) is 0. The van der Waals surface area contributed by atoms with E-state index in [0.717, 1.165) is 29.8 Å². The van der Waals surface area contributed by atoms with Gasteiger partial charge in [-0.3, -0.25) is 10.1 Å². The highest BCUT2D eigenvalue weighted by atomic mass is 32.1. The molecule has 1 N–H and O–H groups in total. The molecule has 1 aromatic heterocycles. The van der Waals surface area contributed by atoms with Crippen LogP contribution < -0.4 is 5.32 Å². The van der Waals surface area contributed by atoms with Gasteiger partial charge in [-0.25, -0.2) is 4.39 Å². The molecule has 2 aliphatic carbocycles. The molecule has 2 saturated carbocycles. The fraction of sp³-hybridized carbons (Fsp3) is 0.526. The Bertz CT molecular complexity index is 748. The third kappa shape index (κ3) is 3.19. The Kier molecular flexibility index (Phi) is 4.54. The Morgan fingerprint density at radius 2 is 1.80 bits per heavy atom. The molecule has 4 nitrogen and oxygen atoms in total. The number of amides is 1. The van der Waals surface area contributed by atoms with E-state index in [9.17, 15) is 9.18 Å². The smallest absolute Gasteiger partial charge is 0.236 e. The lowest BCUT2D eigenvalue weighted by Crippen LogP contribution is -2.46. The van der Waals surface area contributed by atoms with Crippen molar-refractivity contribution in [2.24, 2.45) is 0 Å². The molecule has 0 atom stereocenters. The first-order valence-corrected chi connectivity index (χ1v) is 9.90. The summed E-state index contributed by atoms with van der Waals surface area (Å²) < 4.78 is 13.2. The van der Waals surface area contributed by atoms with Crippen LogP contribution in [0.3, 0.4) is 0 Å². The van der Waals surface area contributed by atoms with Crippen molar-refractivity contribution in [3.8, 4) is 0 Å². The fourth-order valence-corrected chi connectivity index (χ4v) is 4.87. The van der Waals surface area contributed by atoms with Crippen molar-refractivity contribution in [2.75, 3.05) is 5.32 Å². The number of carbonyl (C=O) groups excluding carboxylic acids is 1. The van der Waals surface area contributed by atoms with E-state index in [-0.39, 0.29) is 11.7 Å². The molecular weight excluding hydrogens is 337 g/mol. The number of hydrogen-bond acceptors (Lipinski definition) is 4. The Hall–Kier alpha value is -1.82. The number of anilines is 1. The lowest BCUT2D eigenvalue weighted by molar-refractivity contribution is -0.124. The van der Waals surface area contributed by atoms with Crippen LogP contribution in [0.25, 0.3) is 0 Å². The largest absolute Gasteiger partial charge is 0.300 e. The molecule has 0 radical (unpaired) electrons. The summed E-state index contributed by atoms with van der Waals surface area (Å²) in [4.78, 5) is 12.9. The highest BCUT2D eigenvalue weighted by Gasteiger charge is 2.46. The Morgan fingerprint density at radius 3 is 2.44 bits per heavy atom. The van der Waals surface area contributed by atoms with Crippen molar-refractivity contribution in [3.05, 3.63) is 40.7 Å². The van der Waals surface area contributed by atoms with Gasteiger partial charge in [-0.1, -0.05) is 49.2 Å². The minimum atomic E-state index is -0.551. The number of rotatable bonds is 4. The summed E-state index contributed by atoms with van der Waals surface area (Å²) in [5.41, 5.74) is 0.333. The van der Waals surface area contributed by atoms with Crippen LogP contribution in [0.2, 0.25) is 0 Å². The summed E-state index contributed by atoms with van der Waals surface area (Å²) in [6, 6.07) is 6.30. The van der Waals surface area contributed by atoms with Crippen LogP contribution in [-0.4, -0.2) is 16.1 Å². The Balaban J connectivity index is 1.49. The molecule has 0 spiro atoms. The summed E-state index contributed by atoms with van der Waals surface area (Å²) in [7, 11) is 0. The fourth-order valence-electron chi connectivity index (χ4n) is 3.96. The number of hydrogen-bond donors (Lipinski definition) is 1. The van der Waals surface area contributed by atoms with Gasteiger partial charge >= 0.3 is 0 Å². The van der Waals surface area contributed by atoms with Crippen LogP contribution in [0.4, 0.5) is 9.52 Å². The van der Waals surface area contributed by atoms with Gasteiger partial charge in [0.15, 0.2) is 0 Å². The number of nitrogens with zero attached hydrogens (tertiary/aromatic N) is 2. The van der Waals surface area contributed by atoms with E-state index >= 15 is 0 Å². The highest BCUT2D eigenvalue weighted by molar-refractivity contribution is 7.15. The maximum atomic E-state index is 13.2. The first-order valence-electron chi connectivity index (χ1n) is 9.08. The lowest BCUT2D eigenvalue weighted by Gasteiger charge is -2.40. The molecule has 2 fully saturated rings. The number of benzene rings is 1. The maximum absolute atomic E-state index is 13.2. The van der Waals surface area contributed by atoms with Crippen molar-refractivity contribution >= 4 is 22.4 Å². The van der Waals surface area contributed by atoms with Gasteiger partial charge in [0.2, 0.25) is 11.0 Å². The summed E-state index contributed by atoms with van der Waals surface area (Å²) >= 11 is 1.50. The molecule has 2 aromatic rings. The topological polar surface area (TPSA) is 54.9 Å². The zero-order valence-electron chi connectivity index (χ0n) is 14.1.